The lowest BCUT2D eigenvalue weighted by atomic mass is 9.78. The first-order valence-electron chi connectivity index (χ1n) is 15.6. The Bertz CT molecular complexity index is 1820. The van der Waals surface area contributed by atoms with E-state index >= 15 is 0 Å². The summed E-state index contributed by atoms with van der Waals surface area (Å²) in [7, 11) is 0. The Morgan fingerprint density at radius 3 is 2.21 bits per heavy atom. The molecule has 242 valence electrons. The van der Waals surface area contributed by atoms with Crippen molar-refractivity contribution in [3.05, 3.63) is 105 Å². The van der Waals surface area contributed by atoms with E-state index in [-0.39, 0.29) is 29.4 Å². The number of nitrogens with one attached hydrogen (secondary N) is 2. The van der Waals surface area contributed by atoms with Crippen LogP contribution in [0.3, 0.4) is 0 Å². The third-order valence-electron chi connectivity index (χ3n) is 8.56. The summed E-state index contributed by atoms with van der Waals surface area (Å²) in [4.78, 5) is 55.1. The van der Waals surface area contributed by atoms with Crippen LogP contribution in [-0.4, -0.2) is 52.7 Å². The average Bonchev–Trinajstić information content (AvgIpc) is 3.59. The first-order valence-corrected chi connectivity index (χ1v) is 16.5. The van der Waals surface area contributed by atoms with Crippen molar-refractivity contribution in [1.29, 1.82) is 0 Å². The van der Waals surface area contributed by atoms with Crippen LogP contribution in [0.1, 0.15) is 75.7 Å². The van der Waals surface area contributed by atoms with Gasteiger partial charge in [0.05, 0.1) is 28.4 Å². The molecule has 4 aromatic rings. The first-order chi connectivity index (χ1) is 22.6. The number of nitrogens with zero attached hydrogens (tertiary/aromatic N) is 2. The van der Waals surface area contributed by atoms with Crippen molar-refractivity contribution >= 4 is 40.7 Å². The molecule has 1 unspecified atom stereocenters. The van der Waals surface area contributed by atoms with Gasteiger partial charge >= 0.3 is 0 Å². The highest BCUT2D eigenvalue weighted by atomic mass is 32.1. The number of rotatable bonds is 12. The van der Waals surface area contributed by atoms with E-state index in [0.29, 0.717) is 31.9 Å². The molecule has 47 heavy (non-hydrogen) atoms. The zero-order chi connectivity index (χ0) is 33.1. The molecule has 6 rings (SSSR count). The quantitative estimate of drug-likeness (QED) is 0.149. The molecule has 0 spiro atoms. The molecule has 11 heteroatoms. The van der Waals surface area contributed by atoms with E-state index in [0.717, 1.165) is 27.1 Å². The van der Waals surface area contributed by atoms with Crippen LogP contribution in [0, 0.1) is 6.92 Å². The second kappa shape index (κ2) is 13.4. The molecule has 0 saturated carbocycles. The smallest absolute Gasteiger partial charge is 0.262 e. The SMILES string of the molecule is Cc1nc(COc2ccc(C(C)(C)c3ccc(OCCCNc4ccc5c(c4)C(=O)N(C4CCC(=O)NC4=O)C5=O)cc3)cc2)cs1. The number of aryl methyl sites for hydroxylation is 1. The number of amides is 4. The Morgan fingerprint density at radius 1 is 0.915 bits per heavy atom. The molecule has 3 heterocycles. The van der Waals surface area contributed by atoms with E-state index in [2.05, 4.69) is 53.7 Å². The van der Waals surface area contributed by atoms with Crippen LogP contribution >= 0.6 is 11.3 Å². The molecular weight excluding hydrogens is 616 g/mol. The highest BCUT2D eigenvalue weighted by Crippen LogP contribution is 2.34. The van der Waals surface area contributed by atoms with Gasteiger partial charge in [0.25, 0.3) is 11.8 Å². The zero-order valence-electron chi connectivity index (χ0n) is 26.5. The van der Waals surface area contributed by atoms with Crippen molar-refractivity contribution in [1.82, 2.24) is 15.2 Å². The van der Waals surface area contributed by atoms with Crippen LogP contribution in [0.4, 0.5) is 5.69 Å². The van der Waals surface area contributed by atoms with Gasteiger partial charge < -0.3 is 14.8 Å². The first kappa shape index (κ1) is 31.9. The average molecular weight is 653 g/mol. The fourth-order valence-corrected chi connectivity index (χ4v) is 6.41. The maximum absolute atomic E-state index is 13.1. The molecule has 2 aliphatic heterocycles. The summed E-state index contributed by atoms with van der Waals surface area (Å²) in [5.74, 6) is -0.481. The number of hydrogen-bond acceptors (Lipinski definition) is 9. The molecule has 0 bridgehead atoms. The summed E-state index contributed by atoms with van der Waals surface area (Å²) in [5.41, 5.74) is 4.25. The molecule has 1 fully saturated rings. The van der Waals surface area contributed by atoms with Gasteiger partial charge in [-0.25, -0.2) is 4.98 Å². The molecule has 1 saturated heterocycles. The number of fused-ring (bicyclic) bond motifs is 1. The van der Waals surface area contributed by atoms with Crippen molar-refractivity contribution in [2.24, 2.45) is 0 Å². The second-order valence-corrected chi connectivity index (χ2v) is 13.2. The van der Waals surface area contributed by atoms with Crippen molar-refractivity contribution in [2.45, 2.75) is 58.1 Å². The summed E-state index contributed by atoms with van der Waals surface area (Å²) < 4.78 is 11.9. The van der Waals surface area contributed by atoms with E-state index in [4.69, 9.17) is 9.47 Å². The molecule has 2 aliphatic rings. The van der Waals surface area contributed by atoms with Gasteiger partial charge in [-0.2, -0.15) is 0 Å². The van der Waals surface area contributed by atoms with Gasteiger partial charge in [-0.05, 0) is 73.4 Å². The van der Waals surface area contributed by atoms with E-state index in [9.17, 15) is 19.2 Å². The van der Waals surface area contributed by atoms with Crippen LogP contribution in [0.15, 0.2) is 72.1 Å². The van der Waals surface area contributed by atoms with Crippen LogP contribution in [0.2, 0.25) is 0 Å². The number of aromatic nitrogens is 1. The standard InChI is InChI=1S/C36H36N4O6S/c1-22-38-26(21-47-22)20-46-28-12-7-24(8-13-28)36(2,3)23-5-10-27(11-6-23)45-18-4-17-37-25-9-14-29-30(19-25)35(44)40(34(29)43)31-15-16-32(41)39-33(31)42/h5-14,19,21,31,37H,4,15-18,20H2,1-3H3,(H,39,41,42). The molecule has 4 amide bonds. The number of imide groups is 2. The number of benzene rings is 3. The van der Waals surface area contributed by atoms with Crippen LogP contribution < -0.4 is 20.1 Å². The number of carbonyl (C=O) groups is 4. The van der Waals surface area contributed by atoms with Gasteiger partial charge in [0.2, 0.25) is 11.8 Å². The minimum Gasteiger partial charge on any atom is -0.494 e. The molecule has 10 nitrogen and oxygen atoms in total. The van der Waals surface area contributed by atoms with E-state index < -0.39 is 29.7 Å². The third kappa shape index (κ3) is 6.90. The minimum atomic E-state index is -0.982. The normalized spacial score (nSPS) is 16.2. The van der Waals surface area contributed by atoms with E-state index in [1.54, 1.807) is 29.5 Å². The summed E-state index contributed by atoms with van der Waals surface area (Å²) >= 11 is 1.62. The van der Waals surface area contributed by atoms with Gasteiger partial charge in [0.1, 0.15) is 24.1 Å². The summed E-state index contributed by atoms with van der Waals surface area (Å²) in [5, 5.41) is 8.53. The fraction of sp³-hybridized carbons (Fsp3) is 0.306. The van der Waals surface area contributed by atoms with Gasteiger partial charge in [-0.3, -0.25) is 29.4 Å². The fourth-order valence-electron chi connectivity index (χ4n) is 5.81. The van der Waals surface area contributed by atoms with Crippen molar-refractivity contribution < 1.29 is 28.7 Å². The molecule has 1 atom stereocenters. The molecular formula is C36H36N4O6S. The Labute approximate surface area is 277 Å². The Balaban J connectivity index is 0.966. The number of carbonyl (C=O) groups excluding carboxylic acids is 4. The number of hydrogen-bond donors (Lipinski definition) is 2. The van der Waals surface area contributed by atoms with Crippen LogP contribution in [0.25, 0.3) is 0 Å². The highest BCUT2D eigenvalue weighted by molar-refractivity contribution is 7.09. The molecule has 3 aromatic carbocycles. The summed E-state index contributed by atoms with van der Waals surface area (Å²) in [6.07, 6.45) is 0.914. The van der Waals surface area contributed by atoms with Crippen LogP contribution in [0.5, 0.6) is 11.5 Å². The van der Waals surface area contributed by atoms with Gasteiger partial charge in [-0.1, -0.05) is 38.1 Å². The summed E-state index contributed by atoms with van der Waals surface area (Å²) in [6, 6.07) is 20.3. The number of ether oxygens (including phenoxy) is 2. The van der Waals surface area contributed by atoms with Gasteiger partial charge in [-0.15, -0.1) is 11.3 Å². The number of thiazole rings is 1. The lowest BCUT2D eigenvalue weighted by molar-refractivity contribution is -0.136. The zero-order valence-corrected chi connectivity index (χ0v) is 27.3. The lowest BCUT2D eigenvalue weighted by Crippen LogP contribution is -2.54. The molecule has 2 N–H and O–H groups in total. The molecule has 0 radical (unpaired) electrons. The Morgan fingerprint density at radius 2 is 1.57 bits per heavy atom. The summed E-state index contributed by atoms with van der Waals surface area (Å²) in [6.45, 7) is 7.90. The van der Waals surface area contributed by atoms with Crippen molar-refractivity contribution in [3.63, 3.8) is 0 Å². The predicted octanol–water partition coefficient (Wildman–Crippen LogP) is 5.64. The van der Waals surface area contributed by atoms with Crippen molar-refractivity contribution in [3.8, 4) is 11.5 Å². The molecule has 1 aromatic heterocycles. The van der Waals surface area contributed by atoms with E-state index in [1.165, 1.54) is 11.1 Å². The third-order valence-corrected chi connectivity index (χ3v) is 9.39. The minimum absolute atomic E-state index is 0.0841. The topological polar surface area (TPSA) is 127 Å². The van der Waals surface area contributed by atoms with Gasteiger partial charge in [0.15, 0.2) is 0 Å². The monoisotopic (exact) mass is 652 g/mol. The highest BCUT2D eigenvalue weighted by Gasteiger charge is 2.44. The van der Waals surface area contributed by atoms with E-state index in [1.807, 2.05) is 36.6 Å². The van der Waals surface area contributed by atoms with Crippen LogP contribution in [-0.2, 0) is 21.6 Å². The number of piperidine rings is 1. The van der Waals surface area contributed by atoms with Gasteiger partial charge in [0, 0.05) is 29.4 Å². The lowest BCUT2D eigenvalue weighted by Gasteiger charge is -2.27. The Kier molecular flexibility index (Phi) is 9.08. The Hall–Kier alpha value is -5.03. The maximum Gasteiger partial charge on any atom is 0.262 e. The second-order valence-electron chi connectivity index (χ2n) is 12.2. The molecule has 0 aliphatic carbocycles. The maximum atomic E-state index is 13.1. The predicted molar refractivity (Wildman–Crippen MR) is 178 cm³/mol. The largest absolute Gasteiger partial charge is 0.494 e. The van der Waals surface area contributed by atoms with Crippen molar-refractivity contribution in [2.75, 3.05) is 18.5 Å². The number of anilines is 1.